The first-order chi connectivity index (χ1) is 6.70. The van der Waals surface area contributed by atoms with Crippen LogP contribution in [-0.4, -0.2) is 12.8 Å². The van der Waals surface area contributed by atoms with E-state index in [9.17, 15) is 0 Å². The van der Waals surface area contributed by atoms with Gasteiger partial charge in [0.05, 0.1) is 0 Å². The van der Waals surface area contributed by atoms with Gasteiger partial charge in [0.2, 0.25) is 0 Å². The summed E-state index contributed by atoms with van der Waals surface area (Å²) < 4.78 is 5.67. The van der Waals surface area contributed by atoms with Crippen LogP contribution in [0.1, 0.15) is 13.8 Å². The zero-order valence-electron chi connectivity index (χ0n) is 8.47. The van der Waals surface area contributed by atoms with Crippen molar-refractivity contribution in [1.29, 1.82) is 0 Å². The molecule has 1 aromatic carbocycles. The van der Waals surface area contributed by atoms with E-state index in [1.807, 2.05) is 25.1 Å². The molecule has 0 saturated heterocycles. The fraction of sp³-hybridized carbons (Fsp3) is 0.400. The third-order valence-electron chi connectivity index (χ3n) is 1.70. The van der Waals surface area contributed by atoms with Gasteiger partial charge in [0.15, 0.2) is 0 Å². The molecule has 0 radical (unpaired) electrons. The molecule has 1 unspecified atom stereocenters. The van der Waals surface area contributed by atoms with Gasteiger partial charge in [-0.25, -0.2) is 0 Å². The molecule has 1 atom stereocenters. The van der Waals surface area contributed by atoms with Crippen LogP contribution in [0.3, 0.4) is 0 Å². The van der Waals surface area contributed by atoms with Crippen LogP contribution in [0, 0.1) is 0 Å². The Morgan fingerprint density at radius 2 is 1.93 bits per heavy atom. The Balaban J connectivity index is 2.71. The van der Waals surface area contributed by atoms with Gasteiger partial charge in [-0.05, 0) is 19.1 Å². The first-order valence-electron chi connectivity index (χ1n) is 4.68. The van der Waals surface area contributed by atoms with Gasteiger partial charge in [0.25, 0.3) is 0 Å². The summed E-state index contributed by atoms with van der Waals surface area (Å²) in [7, 11) is 0. The summed E-state index contributed by atoms with van der Waals surface area (Å²) in [5, 5.41) is 0. The fourth-order valence-corrected chi connectivity index (χ4v) is 5.66. The third kappa shape index (κ3) is 3.74. The highest BCUT2D eigenvalue weighted by Gasteiger charge is 2.15. The average molecular weight is 252 g/mol. The lowest BCUT2D eigenvalue weighted by Crippen LogP contribution is -1.88. The quantitative estimate of drug-likeness (QED) is 0.729. The van der Waals surface area contributed by atoms with Crippen LogP contribution in [0.15, 0.2) is 35.2 Å². The zero-order valence-corrected chi connectivity index (χ0v) is 11.0. The fourth-order valence-electron chi connectivity index (χ4n) is 1.02. The normalized spacial score (nSPS) is 15.0. The molecule has 0 fully saturated rings. The Hall–Kier alpha value is 0.180. The van der Waals surface area contributed by atoms with Crippen LogP contribution in [0.2, 0.25) is 0 Å². The van der Waals surface area contributed by atoms with Gasteiger partial charge in [-0.1, -0.05) is 48.3 Å². The van der Waals surface area contributed by atoms with Crippen molar-refractivity contribution in [3.05, 3.63) is 30.3 Å². The van der Waals surface area contributed by atoms with E-state index in [0.29, 0.717) is 6.61 Å². The van der Waals surface area contributed by atoms with Gasteiger partial charge in [-0.2, -0.15) is 0 Å². The monoisotopic (exact) mass is 252 g/mol. The van der Waals surface area contributed by atoms with Crippen molar-refractivity contribution in [2.24, 2.45) is 0 Å². The number of rotatable bonds is 5. The van der Waals surface area contributed by atoms with Crippen LogP contribution in [0.25, 0.3) is 0 Å². The number of hydrogen-bond acceptors (Lipinski definition) is 3. The predicted molar refractivity (Wildman–Crippen MR) is 68.8 cm³/mol. The van der Waals surface area contributed by atoms with E-state index < -0.39 is 5.47 Å². The summed E-state index contributed by atoms with van der Waals surface area (Å²) in [5.41, 5.74) is -1.67. The Labute approximate surface area is 95.1 Å². The lowest BCUT2D eigenvalue weighted by Gasteiger charge is -2.18. The molecule has 1 nitrogen and oxygen atoms in total. The SMILES string of the molecule is CCOP(=S)(CC)S[13c]1[13cH][13cH][13cH][13cH][13cH]1. The highest BCUT2D eigenvalue weighted by atomic mass is 32.9. The van der Waals surface area contributed by atoms with Crippen molar-refractivity contribution in [2.75, 3.05) is 12.8 Å². The maximum atomic E-state index is 5.67. The van der Waals surface area contributed by atoms with E-state index in [1.54, 1.807) is 11.4 Å². The lowest BCUT2D eigenvalue weighted by atomic mass is 10.9. The summed E-state index contributed by atoms with van der Waals surface area (Å²) in [6, 6.07) is 10.2. The van der Waals surface area contributed by atoms with Crippen molar-refractivity contribution in [2.45, 2.75) is 18.7 Å². The average Bonchev–Trinajstić information content (AvgIpc) is 2.20. The van der Waals surface area contributed by atoms with Crippen molar-refractivity contribution in [3.63, 3.8) is 0 Å². The molecule has 0 spiro atoms. The summed E-state index contributed by atoms with van der Waals surface area (Å²) >= 11 is 7.26. The molecule has 14 heavy (non-hydrogen) atoms. The maximum Gasteiger partial charge on any atom is 0.123 e. The van der Waals surface area contributed by atoms with Gasteiger partial charge in [-0.15, -0.1) is 0 Å². The molecule has 1 aromatic rings. The Morgan fingerprint density at radius 1 is 1.29 bits per heavy atom. The molecule has 0 heterocycles. The standard InChI is InChI=1S/C10H15OPS2/c1-3-11-12(13,4-2)14-10-8-6-5-7-9-10/h5-9H,3-4H2,1-2H3/i5+1,6+1,7+1,8+1,9+1,10+1. The molecule has 4 heteroatoms. The Kier molecular flexibility index (Phi) is 5.18. The molecule has 0 aliphatic rings. The summed E-state index contributed by atoms with van der Waals surface area (Å²) in [5.74, 6) is 0. The van der Waals surface area contributed by atoms with Gasteiger partial charge in [0, 0.05) is 17.7 Å². The van der Waals surface area contributed by atoms with E-state index in [-0.39, 0.29) is 0 Å². The summed E-state index contributed by atoms with van der Waals surface area (Å²) in [6.07, 6.45) is 0.940. The molecule has 0 aliphatic carbocycles. The minimum atomic E-state index is -1.67. The van der Waals surface area contributed by atoms with Crippen LogP contribution in [0.4, 0.5) is 0 Å². The van der Waals surface area contributed by atoms with Crippen molar-refractivity contribution in [3.8, 4) is 0 Å². The highest BCUT2D eigenvalue weighted by molar-refractivity contribution is 8.69. The van der Waals surface area contributed by atoms with Gasteiger partial charge < -0.3 is 4.52 Å². The molecule has 0 aromatic heterocycles. The van der Waals surface area contributed by atoms with E-state index in [4.69, 9.17) is 16.3 Å². The van der Waals surface area contributed by atoms with Crippen molar-refractivity contribution >= 4 is 28.7 Å². The van der Waals surface area contributed by atoms with Crippen LogP contribution in [0.5, 0.6) is 0 Å². The van der Waals surface area contributed by atoms with E-state index in [1.165, 1.54) is 4.90 Å². The minimum absolute atomic E-state index is 0.713. The number of benzene rings is 1. The topological polar surface area (TPSA) is 9.23 Å². The van der Waals surface area contributed by atoms with E-state index in [0.717, 1.165) is 6.16 Å². The molecule has 78 valence electrons. The molecule has 0 aliphatic heterocycles. The molecular formula is C10H15OPS2. The van der Waals surface area contributed by atoms with Crippen molar-refractivity contribution in [1.82, 2.24) is 0 Å². The third-order valence-corrected chi connectivity index (χ3v) is 8.21. The zero-order chi connectivity index (χ0) is 10.4. The van der Waals surface area contributed by atoms with E-state index in [2.05, 4.69) is 19.1 Å². The molecule has 1 rings (SSSR count). The van der Waals surface area contributed by atoms with Crippen LogP contribution < -0.4 is 0 Å². The smallest absolute Gasteiger partial charge is 0.123 e. The van der Waals surface area contributed by atoms with Crippen LogP contribution >= 0.6 is 16.8 Å². The van der Waals surface area contributed by atoms with Gasteiger partial charge in [0.1, 0.15) is 5.47 Å². The second kappa shape index (κ2) is 5.92. The maximum absolute atomic E-state index is 5.67. The number of hydrogen-bond donors (Lipinski definition) is 0. The predicted octanol–water partition coefficient (Wildman–Crippen LogP) is 4.14. The lowest BCUT2D eigenvalue weighted by molar-refractivity contribution is 0.385. The summed E-state index contributed by atoms with van der Waals surface area (Å²) in [6.45, 7) is 4.82. The largest absolute Gasteiger partial charge is 0.341 e. The van der Waals surface area contributed by atoms with Gasteiger partial charge in [-0.3, -0.25) is 0 Å². The van der Waals surface area contributed by atoms with Crippen LogP contribution in [-0.2, 0) is 16.3 Å². The first kappa shape index (κ1) is 12.3. The molecule has 0 saturated carbocycles. The highest BCUT2D eigenvalue weighted by Crippen LogP contribution is 2.62. The Bertz CT molecular complexity index is 313. The molecular weight excluding hydrogens is 237 g/mol. The first-order valence-corrected chi connectivity index (χ1v) is 9.01. The molecule has 0 N–H and O–H groups in total. The second-order valence-electron chi connectivity index (χ2n) is 2.75. The van der Waals surface area contributed by atoms with E-state index >= 15 is 0 Å². The Morgan fingerprint density at radius 3 is 2.43 bits per heavy atom. The molecule has 0 amide bonds. The minimum Gasteiger partial charge on any atom is -0.341 e. The second-order valence-corrected chi connectivity index (χ2v) is 10.3. The van der Waals surface area contributed by atoms with Crippen molar-refractivity contribution < 1.29 is 4.52 Å². The van der Waals surface area contributed by atoms with Gasteiger partial charge >= 0.3 is 0 Å². The molecule has 0 bridgehead atoms. The summed E-state index contributed by atoms with van der Waals surface area (Å²) in [4.78, 5) is 1.21.